The lowest BCUT2D eigenvalue weighted by Crippen LogP contribution is -2.35. The first-order chi connectivity index (χ1) is 8.91. The predicted molar refractivity (Wildman–Crippen MR) is 68.0 cm³/mol. The third kappa shape index (κ3) is 1.62. The lowest BCUT2D eigenvalue weighted by atomic mass is 9.79. The third-order valence-corrected chi connectivity index (χ3v) is 5.02. The average Bonchev–Trinajstić information content (AvgIpc) is 2.75. The van der Waals surface area contributed by atoms with Crippen LogP contribution in [0.15, 0.2) is 24.3 Å². The molecule has 4 heteroatoms. The van der Waals surface area contributed by atoms with E-state index in [9.17, 15) is 14.7 Å². The smallest absolute Gasteiger partial charge is 0.334 e. The molecule has 1 saturated heterocycles. The topological polar surface area (TPSA) is 63.6 Å². The summed E-state index contributed by atoms with van der Waals surface area (Å²) in [6.07, 6.45) is -0.257. The van der Waals surface area contributed by atoms with Gasteiger partial charge in [0.15, 0.2) is 0 Å². The molecule has 0 bridgehead atoms. The van der Waals surface area contributed by atoms with E-state index in [4.69, 9.17) is 4.74 Å². The van der Waals surface area contributed by atoms with Gasteiger partial charge in [-0.05, 0) is 12.3 Å². The zero-order chi connectivity index (χ0) is 13.9. The number of ether oxygens (including phenoxy) is 1. The Morgan fingerprint density at radius 3 is 2.63 bits per heavy atom. The van der Waals surface area contributed by atoms with Crippen molar-refractivity contribution >= 4 is 11.8 Å². The maximum Gasteiger partial charge on any atom is 0.334 e. The SMILES string of the molecule is C=C1C(=O)O[C@H]2[C@H]1[C@H](O)CC(=C)[C@@H]1CC(=O)C(C)[C@H]21. The summed E-state index contributed by atoms with van der Waals surface area (Å²) in [5.74, 6) is -0.839. The second-order valence-corrected chi connectivity index (χ2v) is 5.99. The van der Waals surface area contributed by atoms with Crippen molar-refractivity contribution < 1.29 is 19.4 Å². The number of carbonyl (C=O) groups is 2. The van der Waals surface area contributed by atoms with Crippen LogP contribution in [-0.2, 0) is 14.3 Å². The molecule has 1 unspecified atom stereocenters. The molecular weight excluding hydrogens is 244 g/mol. The number of esters is 1. The molecule has 4 nitrogen and oxygen atoms in total. The molecule has 0 spiro atoms. The predicted octanol–water partition coefficient (Wildman–Crippen LogP) is 1.25. The molecule has 0 radical (unpaired) electrons. The van der Waals surface area contributed by atoms with Crippen molar-refractivity contribution in [2.75, 3.05) is 0 Å². The first-order valence-electron chi connectivity index (χ1n) is 6.70. The Labute approximate surface area is 112 Å². The van der Waals surface area contributed by atoms with Gasteiger partial charge in [0.1, 0.15) is 11.9 Å². The number of aliphatic hydroxyl groups is 1. The molecule has 1 N–H and O–H groups in total. The molecule has 2 aliphatic carbocycles. The number of aliphatic hydroxyl groups excluding tert-OH is 1. The highest BCUT2D eigenvalue weighted by molar-refractivity contribution is 5.91. The van der Waals surface area contributed by atoms with E-state index in [0.717, 1.165) is 5.57 Å². The van der Waals surface area contributed by atoms with Crippen LogP contribution in [0.25, 0.3) is 0 Å². The maximum atomic E-state index is 12.0. The van der Waals surface area contributed by atoms with Crippen molar-refractivity contribution in [2.24, 2.45) is 23.7 Å². The lowest BCUT2D eigenvalue weighted by Gasteiger charge is -2.28. The van der Waals surface area contributed by atoms with Crippen LogP contribution in [0, 0.1) is 23.7 Å². The minimum Gasteiger partial charge on any atom is -0.458 e. The first kappa shape index (κ1) is 12.6. The second kappa shape index (κ2) is 4.04. The fourth-order valence-corrected chi connectivity index (χ4v) is 3.95. The van der Waals surface area contributed by atoms with Crippen molar-refractivity contribution in [2.45, 2.75) is 32.0 Å². The molecule has 19 heavy (non-hydrogen) atoms. The van der Waals surface area contributed by atoms with E-state index in [0.29, 0.717) is 18.4 Å². The molecule has 2 saturated carbocycles. The fourth-order valence-electron chi connectivity index (χ4n) is 3.95. The molecule has 102 valence electrons. The highest BCUT2D eigenvalue weighted by Crippen LogP contribution is 2.51. The summed E-state index contributed by atoms with van der Waals surface area (Å²) in [5, 5.41) is 10.3. The van der Waals surface area contributed by atoms with Crippen LogP contribution >= 0.6 is 0 Å². The molecule has 1 heterocycles. The van der Waals surface area contributed by atoms with Gasteiger partial charge in [-0.1, -0.05) is 25.7 Å². The quantitative estimate of drug-likeness (QED) is 0.405. The number of fused-ring (bicyclic) bond motifs is 3. The Kier molecular flexibility index (Phi) is 2.68. The fraction of sp³-hybridized carbons (Fsp3) is 0.600. The van der Waals surface area contributed by atoms with E-state index >= 15 is 0 Å². The molecule has 0 aromatic carbocycles. The van der Waals surface area contributed by atoms with Crippen molar-refractivity contribution in [1.82, 2.24) is 0 Å². The van der Waals surface area contributed by atoms with E-state index < -0.39 is 24.1 Å². The van der Waals surface area contributed by atoms with E-state index in [1.165, 1.54) is 0 Å². The van der Waals surface area contributed by atoms with Gasteiger partial charge in [-0.3, -0.25) is 4.79 Å². The lowest BCUT2D eigenvalue weighted by molar-refractivity contribution is -0.143. The average molecular weight is 262 g/mol. The van der Waals surface area contributed by atoms with Crippen LogP contribution in [0.1, 0.15) is 19.8 Å². The molecule has 0 aromatic rings. The van der Waals surface area contributed by atoms with Crippen LogP contribution in [0.4, 0.5) is 0 Å². The van der Waals surface area contributed by atoms with Gasteiger partial charge in [0.05, 0.1) is 12.0 Å². The number of hydrogen-bond donors (Lipinski definition) is 1. The number of carbonyl (C=O) groups excluding carboxylic acids is 2. The standard InChI is InChI=1S/C15H18O4/c1-6-4-11(17)13-8(3)15(18)19-14(13)12-7(2)10(16)5-9(6)12/h7,9,11-14,17H,1,3-5H2,2H3/t7?,9-,11+,12-,13+,14+/m0/s1. The van der Waals surface area contributed by atoms with Gasteiger partial charge >= 0.3 is 5.97 Å². The molecule has 0 aromatic heterocycles. The van der Waals surface area contributed by atoms with Crippen LogP contribution in [-0.4, -0.2) is 29.1 Å². The number of hydrogen-bond acceptors (Lipinski definition) is 4. The van der Waals surface area contributed by atoms with Crippen LogP contribution < -0.4 is 0 Å². The molecule has 3 fully saturated rings. The van der Waals surface area contributed by atoms with Crippen LogP contribution in [0.3, 0.4) is 0 Å². The third-order valence-electron chi connectivity index (χ3n) is 5.02. The number of ketones is 1. The monoisotopic (exact) mass is 262 g/mol. The largest absolute Gasteiger partial charge is 0.458 e. The summed E-state index contributed by atoms with van der Waals surface area (Å²) in [7, 11) is 0. The van der Waals surface area contributed by atoms with Crippen molar-refractivity contribution in [1.29, 1.82) is 0 Å². The highest BCUT2D eigenvalue weighted by Gasteiger charge is 2.56. The van der Waals surface area contributed by atoms with Crippen molar-refractivity contribution in [3.05, 3.63) is 24.3 Å². The summed E-state index contributed by atoms with van der Waals surface area (Å²) in [5.41, 5.74) is 1.23. The van der Waals surface area contributed by atoms with Gasteiger partial charge < -0.3 is 9.84 Å². The van der Waals surface area contributed by atoms with Crippen LogP contribution in [0.5, 0.6) is 0 Å². The summed E-state index contributed by atoms with van der Waals surface area (Å²) in [6.45, 7) is 9.65. The number of Topliss-reactive ketones (excluding diaryl/α,β-unsaturated/α-hetero) is 1. The Balaban J connectivity index is 2.05. The summed E-state index contributed by atoms with van der Waals surface area (Å²) < 4.78 is 5.42. The molecule has 3 rings (SSSR count). The van der Waals surface area contributed by atoms with Gasteiger partial charge in [-0.2, -0.15) is 0 Å². The molecule has 0 amide bonds. The summed E-state index contributed by atoms with van der Waals surface area (Å²) >= 11 is 0. The van der Waals surface area contributed by atoms with Gasteiger partial charge in [0, 0.05) is 23.8 Å². The zero-order valence-electron chi connectivity index (χ0n) is 11.0. The first-order valence-corrected chi connectivity index (χ1v) is 6.70. The van der Waals surface area contributed by atoms with E-state index in [1.807, 2.05) is 6.92 Å². The maximum absolute atomic E-state index is 12.0. The minimum atomic E-state index is -0.690. The van der Waals surface area contributed by atoms with Gasteiger partial charge in [0.25, 0.3) is 0 Å². The molecule has 3 aliphatic rings. The Bertz CT molecular complexity index is 492. The second-order valence-electron chi connectivity index (χ2n) is 5.99. The van der Waals surface area contributed by atoms with E-state index in [-0.39, 0.29) is 23.5 Å². The molecular formula is C15H18O4. The van der Waals surface area contributed by atoms with Gasteiger partial charge in [-0.25, -0.2) is 4.79 Å². The molecule has 6 atom stereocenters. The Morgan fingerprint density at radius 2 is 1.95 bits per heavy atom. The van der Waals surface area contributed by atoms with Gasteiger partial charge in [-0.15, -0.1) is 0 Å². The molecule has 1 aliphatic heterocycles. The van der Waals surface area contributed by atoms with E-state index in [1.54, 1.807) is 0 Å². The van der Waals surface area contributed by atoms with E-state index in [2.05, 4.69) is 13.2 Å². The summed E-state index contributed by atoms with van der Waals surface area (Å²) in [6, 6.07) is 0. The number of rotatable bonds is 0. The van der Waals surface area contributed by atoms with Gasteiger partial charge in [0.2, 0.25) is 0 Å². The minimum absolute atomic E-state index is 0.0193. The van der Waals surface area contributed by atoms with Crippen molar-refractivity contribution in [3.63, 3.8) is 0 Å². The normalized spacial score (nSPS) is 45.8. The summed E-state index contributed by atoms with van der Waals surface area (Å²) in [4.78, 5) is 23.7. The van der Waals surface area contributed by atoms with Crippen molar-refractivity contribution in [3.8, 4) is 0 Å². The van der Waals surface area contributed by atoms with Crippen LogP contribution in [0.2, 0.25) is 0 Å². The Morgan fingerprint density at radius 1 is 1.26 bits per heavy atom. The Hall–Kier alpha value is -1.42. The highest BCUT2D eigenvalue weighted by atomic mass is 16.6. The zero-order valence-corrected chi connectivity index (χ0v) is 11.0.